The van der Waals surface area contributed by atoms with Gasteiger partial charge in [-0.1, -0.05) is 0 Å². The first kappa shape index (κ1) is 14.2. The van der Waals surface area contributed by atoms with Gasteiger partial charge >= 0.3 is 10.1 Å². The molecule has 0 amide bonds. The van der Waals surface area contributed by atoms with Crippen molar-refractivity contribution in [1.82, 2.24) is 9.97 Å². The van der Waals surface area contributed by atoms with Gasteiger partial charge in [0.05, 0.1) is 29.0 Å². The minimum Gasteiger partial charge on any atom is -0.497 e. The Morgan fingerprint density at radius 1 is 1.19 bits per heavy atom. The number of rotatable bonds is 4. The lowest BCUT2D eigenvalue weighted by molar-refractivity contribution is 0.415. The molecule has 0 radical (unpaired) electrons. The molecule has 3 rings (SSSR count). The van der Waals surface area contributed by atoms with Crippen molar-refractivity contribution in [3.05, 3.63) is 23.6 Å². The monoisotopic (exact) mass is 342 g/mol. The Kier molecular flexibility index (Phi) is 3.56. The average Bonchev–Trinajstić information content (AvgIpc) is 3.01. The molecule has 0 spiro atoms. The van der Waals surface area contributed by atoms with Crippen molar-refractivity contribution in [3.8, 4) is 21.6 Å². The first-order valence-corrected chi connectivity index (χ1v) is 9.26. The molecule has 0 aliphatic carbocycles. The van der Waals surface area contributed by atoms with Crippen molar-refractivity contribution in [2.45, 2.75) is 0 Å². The summed E-state index contributed by atoms with van der Waals surface area (Å²) >= 11 is 2.75. The molecule has 110 valence electrons. The fourth-order valence-electron chi connectivity index (χ4n) is 1.67. The van der Waals surface area contributed by atoms with Gasteiger partial charge in [0.2, 0.25) is 5.88 Å². The molecule has 0 fully saturated rings. The van der Waals surface area contributed by atoms with Crippen LogP contribution in [0.3, 0.4) is 0 Å². The fourth-order valence-corrected chi connectivity index (χ4v) is 3.88. The van der Waals surface area contributed by atoms with Gasteiger partial charge in [-0.15, -0.1) is 22.7 Å². The highest BCUT2D eigenvalue weighted by Gasteiger charge is 2.14. The molecule has 0 N–H and O–H groups in total. The molecule has 1 aromatic carbocycles. The second-order valence-corrected chi connectivity index (χ2v) is 7.59. The highest BCUT2D eigenvalue weighted by Crippen LogP contribution is 2.35. The molecule has 0 saturated carbocycles. The first-order chi connectivity index (χ1) is 9.94. The van der Waals surface area contributed by atoms with Crippen LogP contribution in [-0.4, -0.2) is 31.8 Å². The quantitative estimate of drug-likeness (QED) is 0.679. The zero-order chi connectivity index (χ0) is 15.0. The van der Waals surface area contributed by atoms with Gasteiger partial charge < -0.3 is 8.92 Å². The number of hydrogen-bond donors (Lipinski definition) is 0. The third kappa shape index (κ3) is 3.14. The zero-order valence-corrected chi connectivity index (χ0v) is 13.5. The standard InChI is InChI=1S/C12H10N2O4S3/c1-17-7-3-4-8-9(5-7)20-12(13-8)11-14-10(6-19-11)18-21(2,15)16/h3-6H,1-2H3. The van der Waals surface area contributed by atoms with Crippen molar-refractivity contribution in [2.24, 2.45) is 0 Å². The summed E-state index contributed by atoms with van der Waals surface area (Å²) in [4.78, 5) is 8.61. The summed E-state index contributed by atoms with van der Waals surface area (Å²) in [7, 11) is -1.96. The maximum atomic E-state index is 11.1. The molecular weight excluding hydrogens is 332 g/mol. The van der Waals surface area contributed by atoms with Crippen LogP contribution in [0.4, 0.5) is 0 Å². The molecule has 0 aliphatic heterocycles. The Morgan fingerprint density at radius 3 is 2.71 bits per heavy atom. The van der Waals surface area contributed by atoms with E-state index in [0.29, 0.717) is 10.0 Å². The normalized spacial score (nSPS) is 11.7. The van der Waals surface area contributed by atoms with Crippen LogP contribution >= 0.6 is 22.7 Å². The molecule has 2 heterocycles. The van der Waals surface area contributed by atoms with E-state index in [1.807, 2.05) is 18.2 Å². The number of fused-ring (bicyclic) bond motifs is 1. The highest BCUT2D eigenvalue weighted by atomic mass is 32.2. The predicted octanol–water partition coefficient (Wildman–Crippen LogP) is 2.77. The molecule has 3 aromatic rings. The predicted molar refractivity (Wildman–Crippen MR) is 82.8 cm³/mol. The van der Waals surface area contributed by atoms with Gasteiger partial charge in [-0.25, -0.2) is 4.98 Å². The van der Waals surface area contributed by atoms with Crippen LogP contribution < -0.4 is 8.92 Å². The Bertz CT molecular complexity index is 898. The number of hydrogen-bond acceptors (Lipinski definition) is 8. The maximum absolute atomic E-state index is 11.1. The second kappa shape index (κ2) is 5.24. The van der Waals surface area contributed by atoms with Crippen LogP contribution in [0.1, 0.15) is 0 Å². The maximum Gasteiger partial charge on any atom is 0.307 e. The van der Waals surface area contributed by atoms with E-state index in [4.69, 9.17) is 8.92 Å². The van der Waals surface area contributed by atoms with Crippen LogP contribution in [0, 0.1) is 0 Å². The van der Waals surface area contributed by atoms with Gasteiger partial charge in [-0.3, -0.25) is 0 Å². The lowest BCUT2D eigenvalue weighted by Gasteiger charge is -1.96. The third-order valence-corrected chi connectivity index (χ3v) is 4.95. The zero-order valence-electron chi connectivity index (χ0n) is 11.1. The van der Waals surface area contributed by atoms with Crippen molar-refractivity contribution in [3.63, 3.8) is 0 Å². The van der Waals surface area contributed by atoms with E-state index in [-0.39, 0.29) is 5.88 Å². The van der Waals surface area contributed by atoms with Crippen LogP contribution in [0.15, 0.2) is 23.6 Å². The summed E-state index contributed by atoms with van der Waals surface area (Å²) in [5.74, 6) is 0.826. The van der Waals surface area contributed by atoms with E-state index in [0.717, 1.165) is 22.2 Å². The molecular formula is C12H10N2O4S3. The first-order valence-electron chi connectivity index (χ1n) is 5.74. The minimum absolute atomic E-state index is 0.0642. The Labute approximate surface area is 129 Å². The molecule has 0 atom stereocenters. The van der Waals surface area contributed by atoms with Crippen LogP contribution in [-0.2, 0) is 10.1 Å². The molecule has 0 unspecified atom stereocenters. The van der Waals surface area contributed by atoms with E-state index >= 15 is 0 Å². The SMILES string of the molecule is COc1ccc2nc(-c3nc(OS(C)(=O)=O)cs3)sc2c1. The smallest absolute Gasteiger partial charge is 0.307 e. The van der Waals surface area contributed by atoms with E-state index < -0.39 is 10.1 Å². The lowest BCUT2D eigenvalue weighted by atomic mass is 10.3. The van der Waals surface area contributed by atoms with Crippen LogP contribution in [0.25, 0.3) is 20.2 Å². The Balaban J connectivity index is 1.97. The van der Waals surface area contributed by atoms with Crippen LogP contribution in [0.2, 0.25) is 0 Å². The Hall–Kier alpha value is -1.71. The summed E-state index contributed by atoms with van der Waals surface area (Å²) in [6.45, 7) is 0. The molecule has 21 heavy (non-hydrogen) atoms. The number of aromatic nitrogens is 2. The largest absolute Gasteiger partial charge is 0.497 e. The topological polar surface area (TPSA) is 78.4 Å². The lowest BCUT2D eigenvalue weighted by Crippen LogP contribution is -2.05. The molecule has 9 heteroatoms. The van der Waals surface area contributed by atoms with Crippen molar-refractivity contribution >= 4 is 43.0 Å². The minimum atomic E-state index is -3.57. The van der Waals surface area contributed by atoms with Gasteiger partial charge in [0, 0.05) is 0 Å². The number of thiazole rings is 2. The van der Waals surface area contributed by atoms with Gasteiger partial charge in [-0.05, 0) is 18.2 Å². The molecule has 0 bridgehead atoms. The van der Waals surface area contributed by atoms with E-state index in [1.165, 1.54) is 22.7 Å². The van der Waals surface area contributed by atoms with Crippen molar-refractivity contribution < 1.29 is 17.3 Å². The summed E-state index contributed by atoms with van der Waals surface area (Å²) in [5, 5.41) is 2.88. The number of benzene rings is 1. The highest BCUT2D eigenvalue weighted by molar-refractivity contribution is 7.86. The van der Waals surface area contributed by atoms with E-state index in [9.17, 15) is 8.42 Å². The average molecular weight is 342 g/mol. The van der Waals surface area contributed by atoms with Crippen molar-refractivity contribution in [1.29, 1.82) is 0 Å². The van der Waals surface area contributed by atoms with E-state index in [2.05, 4.69) is 9.97 Å². The number of nitrogens with zero attached hydrogens (tertiary/aromatic N) is 2. The van der Waals surface area contributed by atoms with Gasteiger partial charge in [0.15, 0.2) is 10.0 Å². The second-order valence-electron chi connectivity index (χ2n) is 4.13. The molecule has 6 nitrogen and oxygen atoms in total. The van der Waals surface area contributed by atoms with Crippen molar-refractivity contribution in [2.75, 3.05) is 13.4 Å². The van der Waals surface area contributed by atoms with Gasteiger partial charge in [0.1, 0.15) is 5.75 Å². The third-order valence-electron chi connectivity index (χ3n) is 2.50. The number of ether oxygens (including phenoxy) is 1. The molecule has 0 saturated heterocycles. The number of methoxy groups -OCH3 is 1. The summed E-state index contributed by atoms with van der Waals surface area (Å²) in [6.07, 6.45) is 0.982. The van der Waals surface area contributed by atoms with Gasteiger partial charge in [-0.2, -0.15) is 13.4 Å². The molecule has 2 aromatic heterocycles. The summed E-state index contributed by atoms with van der Waals surface area (Å²) < 4.78 is 33.0. The van der Waals surface area contributed by atoms with Gasteiger partial charge in [0.25, 0.3) is 0 Å². The summed E-state index contributed by atoms with van der Waals surface area (Å²) in [6, 6.07) is 5.61. The molecule has 0 aliphatic rings. The Morgan fingerprint density at radius 2 is 2.00 bits per heavy atom. The van der Waals surface area contributed by atoms with E-state index in [1.54, 1.807) is 12.5 Å². The summed E-state index contributed by atoms with van der Waals surface area (Å²) in [5.41, 5.74) is 0.844. The fraction of sp³-hybridized carbons (Fsp3) is 0.167. The van der Waals surface area contributed by atoms with Crippen LogP contribution in [0.5, 0.6) is 11.6 Å².